The van der Waals surface area contributed by atoms with Crippen LogP contribution in [0.3, 0.4) is 0 Å². The molecule has 1 aromatic rings. The van der Waals surface area contributed by atoms with E-state index >= 15 is 0 Å². The zero-order valence-electron chi connectivity index (χ0n) is 10.2. The first-order chi connectivity index (χ1) is 8.20. The van der Waals surface area contributed by atoms with Crippen LogP contribution >= 0.6 is 11.8 Å². The van der Waals surface area contributed by atoms with E-state index in [0.29, 0.717) is 11.3 Å². The second-order valence-corrected chi connectivity index (χ2v) is 4.52. The Morgan fingerprint density at radius 3 is 2.94 bits per heavy atom. The molecule has 0 saturated carbocycles. The van der Waals surface area contributed by atoms with Crippen LogP contribution < -0.4 is 11.1 Å². The number of para-hydroxylation sites is 1. The molecule has 1 aromatic carbocycles. The second-order valence-electron chi connectivity index (χ2n) is 3.53. The average Bonchev–Trinajstić information content (AvgIpc) is 2.35. The maximum atomic E-state index is 11.4. The van der Waals surface area contributed by atoms with Gasteiger partial charge in [-0.3, -0.25) is 0 Å². The highest BCUT2D eigenvalue weighted by molar-refractivity contribution is 7.98. The summed E-state index contributed by atoms with van der Waals surface area (Å²) in [6, 6.07) is 5.31. The van der Waals surface area contributed by atoms with Crippen molar-refractivity contribution in [1.29, 1.82) is 0 Å². The van der Waals surface area contributed by atoms with Crippen LogP contribution in [0.4, 0.5) is 11.4 Å². The van der Waals surface area contributed by atoms with Crippen molar-refractivity contribution in [3.63, 3.8) is 0 Å². The number of benzene rings is 1. The molecule has 0 bridgehead atoms. The number of hydrogen-bond acceptors (Lipinski definition) is 5. The number of nitrogens with two attached hydrogens (primary N) is 1. The minimum Gasteiger partial charge on any atom is -0.465 e. The Kier molecular flexibility index (Phi) is 5.69. The highest BCUT2D eigenvalue weighted by Gasteiger charge is 2.11. The first-order valence-electron chi connectivity index (χ1n) is 5.40. The summed E-state index contributed by atoms with van der Waals surface area (Å²) in [6.07, 6.45) is 3.13. The van der Waals surface area contributed by atoms with Gasteiger partial charge in [-0.05, 0) is 30.6 Å². The molecular formula is C12H18N2O2S. The Morgan fingerprint density at radius 2 is 2.29 bits per heavy atom. The summed E-state index contributed by atoms with van der Waals surface area (Å²) in [6.45, 7) is 0.843. The molecule has 4 nitrogen and oxygen atoms in total. The number of nitrogen functional groups attached to an aromatic ring is 1. The van der Waals surface area contributed by atoms with E-state index in [1.807, 2.05) is 17.8 Å². The number of carbonyl (C=O) groups excluding carboxylic acids is 1. The molecule has 0 unspecified atom stereocenters. The molecule has 3 N–H and O–H groups in total. The molecular weight excluding hydrogens is 236 g/mol. The van der Waals surface area contributed by atoms with E-state index in [1.165, 1.54) is 7.11 Å². The number of anilines is 2. The molecule has 0 heterocycles. The Balaban J connectivity index is 2.70. The molecule has 0 saturated heterocycles. The van der Waals surface area contributed by atoms with E-state index in [1.54, 1.807) is 12.1 Å². The molecule has 0 aliphatic carbocycles. The third-order valence-corrected chi connectivity index (χ3v) is 3.05. The zero-order valence-corrected chi connectivity index (χ0v) is 11.0. The standard InChI is InChI=1S/C12H18N2O2S/c1-16-12(15)9-5-3-6-10(11(9)13)14-7-4-8-17-2/h3,5-6,14H,4,7-8,13H2,1-2H3. The number of nitrogens with one attached hydrogen (secondary N) is 1. The molecule has 94 valence electrons. The molecule has 0 atom stereocenters. The molecule has 0 amide bonds. The molecule has 0 fully saturated rings. The van der Waals surface area contributed by atoms with Crippen molar-refractivity contribution >= 4 is 29.1 Å². The van der Waals surface area contributed by atoms with Crippen molar-refractivity contribution in [1.82, 2.24) is 0 Å². The average molecular weight is 254 g/mol. The Labute approximate surface area is 106 Å². The van der Waals surface area contributed by atoms with Gasteiger partial charge < -0.3 is 15.8 Å². The van der Waals surface area contributed by atoms with Crippen LogP contribution in [0.15, 0.2) is 18.2 Å². The van der Waals surface area contributed by atoms with Gasteiger partial charge in [0, 0.05) is 6.54 Å². The van der Waals surface area contributed by atoms with Crippen molar-refractivity contribution < 1.29 is 9.53 Å². The van der Waals surface area contributed by atoms with Crippen LogP contribution in [-0.2, 0) is 4.74 Å². The van der Waals surface area contributed by atoms with Crippen LogP contribution in [0.5, 0.6) is 0 Å². The normalized spacial score (nSPS) is 10.0. The summed E-state index contributed by atoms with van der Waals surface area (Å²) < 4.78 is 4.67. The summed E-state index contributed by atoms with van der Waals surface area (Å²) in [7, 11) is 1.35. The minimum atomic E-state index is -0.407. The van der Waals surface area contributed by atoms with Gasteiger partial charge in [-0.2, -0.15) is 11.8 Å². The first-order valence-corrected chi connectivity index (χ1v) is 6.79. The highest BCUT2D eigenvalue weighted by atomic mass is 32.2. The highest BCUT2D eigenvalue weighted by Crippen LogP contribution is 2.23. The SMILES string of the molecule is COC(=O)c1cccc(NCCCSC)c1N. The van der Waals surface area contributed by atoms with Gasteiger partial charge in [0.05, 0.1) is 24.0 Å². The monoisotopic (exact) mass is 254 g/mol. The van der Waals surface area contributed by atoms with E-state index < -0.39 is 5.97 Å². The first kappa shape index (κ1) is 13.7. The van der Waals surface area contributed by atoms with E-state index in [-0.39, 0.29) is 0 Å². The Bertz CT molecular complexity index is 383. The fourth-order valence-electron chi connectivity index (χ4n) is 1.45. The van der Waals surface area contributed by atoms with Crippen molar-refractivity contribution in [2.45, 2.75) is 6.42 Å². The molecule has 0 spiro atoms. The van der Waals surface area contributed by atoms with Crippen molar-refractivity contribution in [3.05, 3.63) is 23.8 Å². The van der Waals surface area contributed by atoms with Crippen LogP contribution in [-0.4, -0.2) is 31.6 Å². The Hall–Kier alpha value is -1.36. The van der Waals surface area contributed by atoms with Gasteiger partial charge >= 0.3 is 5.97 Å². The summed E-state index contributed by atoms with van der Waals surface area (Å²) in [5.41, 5.74) is 7.54. The van der Waals surface area contributed by atoms with E-state index in [9.17, 15) is 4.79 Å². The molecule has 0 aromatic heterocycles. The van der Waals surface area contributed by atoms with E-state index in [4.69, 9.17) is 5.73 Å². The lowest BCUT2D eigenvalue weighted by molar-refractivity contribution is 0.0602. The van der Waals surface area contributed by atoms with Gasteiger partial charge in [0.15, 0.2) is 0 Å². The lowest BCUT2D eigenvalue weighted by atomic mass is 10.1. The number of esters is 1. The lowest BCUT2D eigenvalue weighted by Crippen LogP contribution is -2.10. The van der Waals surface area contributed by atoms with E-state index in [2.05, 4.69) is 16.3 Å². The third kappa shape index (κ3) is 3.85. The fraction of sp³-hybridized carbons (Fsp3) is 0.417. The number of hydrogen-bond donors (Lipinski definition) is 2. The minimum absolute atomic E-state index is 0.405. The summed E-state index contributed by atoms with van der Waals surface area (Å²) in [4.78, 5) is 11.4. The van der Waals surface area contributed by atoms with Gasteiger partial charge in [0.2, 0.25) is 0 Å². The van der Waals surface area contributed by atoms with Crippen molar-refractivity contribution in [3.8, 4) is 0 Å². The van der Waals surface area contributed by atoms with Crippen molar-refractivity contribution in [2.24, 2.45) is 0 Å². The molecule has 0 aliphatic heterocycles. The second kappa shape index (κ2) is 7.06. The molecule has 17 heavy (non-hydrogen) atoms. The quantitative estimate of drug-likeness (QED) is 0.463. The van der Waals surface area contributed by atoms with Crippen molar-refractivity contribution in [2.75, 3.05) is 36.7 Å². The van der Waals surface area contributed by atoms with Gasteiger partial charge in [0.1, 0.15) is 0 Å². The number of rotatable bonds is 6. The van der Waals surface area contributed by atoms with Gasteiger partial charge in [0.25, 0.3) is 0 Å². The number of ether oxygens (including phenoxy) is 1. The van der Waals surface area contributed by atoms with E-state index in [0.717, 1.165) is 24.4 Å². The molecule has 5 heteroatoms. The number of carbonyl (C=O) groups is 1. The fourth-order valence-corrected chi connectivity index (χ4v) is 1.88. The number of methoxy groups -OCH3 is 1. The van der Waals surface area contributed by atoms with Gasteiger partial charge in [-0.25, -0.2) is 4.79 Å². The molecule has 0 aliphatic rings. The predicted octanol–water partition coefficient (Wildman–Crippen LogP) is 2.22. The largest absolute Gasteiger partial charge is 0.465 e. The zero-order chi connectivity index (χ0) is 12.7. The summed E-state index contributed by atoms with van der Waals surface area (Å²) in [5, 5.41) is 3.22. The van der Waals surface area contributed by atoms with Crippen LogP contribution in [0.2, 0.25) is 0 Å². The van der Waals surface area contributed by atoms with Crippen LogP contribution in [0, 0.1) is 0 Å². The molecule has 1 rings (SSSR count). The van der Waals surface area contributed by atoms with Gasteiger partial charge in [-0.1, -0.05) is 6.07 Å². The smallest absolute Gasteiger partial charge is 0.340 e. The maximum Gasteiger partial charge on any atom is 0.340 e. The topological polar surface area (TPSA) is 64.3 Å². The van der Waals surface area contributed by atoms with Gasteiger partial charge in [-0.15, -0.1) is 0 Å². The van der Waals surface area contributed by atoms with Crippen LogP contribution in [0.25, 0.3) is 0 Å². The number of thioether (sulfide) groups is 1. The summed E-state index contributed by atoms with van der Waals surface area (Å²) in [5.74, 6) is 0.694. The lowest BCUT2D eigenvalue weighted by Gasteiger charge is -2.11. The summed E-state index contributed by atoms with van der Waals surface area (Å²) >= 11 is 1.81. The third-order valence-electron chi connectivity index (χ3n) is 2.35. The Morgan fingerprint density at radius 1 is 1.53 bits per heavy atom. The maximum absolute atomic E-state index is 11.4. The molecule has 0 radical (unpaired) electrons. The predicted molar refractivity (Wildman–Crippen MR) is 73.7 cm³/mol. The van der Waals surface area contributed by atoms with Crippen LogP contribution in [0.1, 0.15) is 16.8 Å².